The Labute approximate surface area is 154 Å². The van der Waals surface area contributed by atoms with E-state index >= 15 is 0 Å². The molecule has 26 heavy (non-hydrogen) atoms. The van der Waals surface area contributed by atoms with Crippen LogP contribution in [0.3, 0.4) is 0 Å². The molecular formula is C17H29N3O6. The van der Waals surface area contributed by atoms with Gasteiger partial charge < -0.3 is 33.7 Å². The van der Waals surface area contributed by atoms with Gasteiger partial charge in [0.1, 0.15) is 0 Å². The first-order valence-corrected chi connectivity index (χ1v) is 8.96. The zero-order valence-corrected chi connectivity index (χ0v) is 15.2. The zero-order chi connectivity index (χ0) is 18.3. The lowest BCUT2D eigenvalue weighted by Crippen LogP contribution is -2.33. The smallest absolute Gasteiger partial charge is 0.225 e. The summed E-state index contributed by atoms with van der Waals surface area (Å²) in [5.41, 5.74) is 0.584. The van der Waals surface area contributed by atoms with Crippen LogP contribution in [0.1, 0.15) is 5.69 Å². The number of aliphatic hydroxyl groups is 1. The second kappa shape index (κ2) is 13.8. The highest BCUT2D eigenvalue weighted by atomic mass is 16.6. The van der Waals surface area contributed by atoms with E-state index in [1.54, 1.807) is 12.3 Å². The predicted molar refractivity (Wildman–Crippen MR) is 94.3 cm³/mol. The maximum Gasteiger partial charge on any atom is 0.225 e. The van der Waals surface area contributed by atoms with Gasteiger partial charge in [-0.05, 0) is 6.07 Å². The van der Waals surface area contributed by atoms with Gasteiger partial charge in [0.25, 0.3) is 0 Å². The molecule has 0 unspecified atom stereocenters. The normalized spacial score (nSPS) is 20.3. The zero-order valence-electron chi connectivity index (χ0n) is 15.2. The predicted octanol–water partition coefficient (Wildman–Crippen LogP) is -0.128. The van der Waals surface area contributed by atoms with Gasteiger partial charge in [-0.2, -0.15) is 0 Å². The molecule has 1 saturated heterocycles. The Bertz CT molecular complexity index is 462. The molecular weight excluding hydrogens is 342 g/mol. The van der Waals surface area contributed by atoms with Crippen LogP contribution in [0, 0.1) is 0 Å². The van der Waals surface area contributed by atoms with Crippen LogP contribution < -0.4 is 4.90 Å². The van der Waals surface area contributed by atoms with Gasteiger partial charge in [0.15, 0.2) is 0 Å². The number of ether oxygens (including phenoxy) is 5. The molecule has 1 fully saturated rings. The Kier molecular flexibility index (Phi) is 11.1. The van der Waals surface area contributed by atoms with Crippen molar-refractivity contribution in [3.05, 3.63) is 18.0 Å². The molecule has 2 heterocycles. The van der Waals surface area contributed by atoms with Gasteiger partial charge in [-0.25, -0.2) is 9.97 Å². The first kappa shape index (κ1) is 20.9. The largest absolute Gasteiger partial charge is 0.390 e. The van der Waals surface area contributed by atoms with Crippen molar-refractivity contribution in [3.8, 4) is 0 Å². The summed E-state index contributed by atoms with van der Waals surface area (Å²) < 4.78 is 27.5. The van der Waals surface area contributed by atoms with E-state index in [0.717, 1.165) is 0 Å². The van der Waals surface area contributed by atoms with E-state index in [4.69, 9.17) is 23.7 Å². The fourth-order valence-corrected chi connectivity index (χ4v) is 2.27. The van der Waals surface area contributed by atoms with Crippen molar-refractivity contribution in [1.29, 1.82) is 0 Å². The van der Waals surface area contributed by atoms with E-state index in [1.807, 2.05) is 4.90 Å². The van der Waals surface area contributed by atoms with Crippen molar-refractivity contribution in [1.82, 2.24) is 9.97 Å². The highest BCUT2D eigenvalue weighted by Crippen LogP contribution is 2.07. The maximum absolute atomic E-state index is 9.27. The van der Waals surface area contributed by atoms with Crippen LogP contribution in [-0.4, -0.2) is 94.2 Å². The standard InChI is InChI=1S/C17H29N3O6/c21-15-16-1-2-18-17(19-16)20-3-5-22-7-9-24-11-13-26-14-12-25-10-8-23-6-4-20/h1-2,21H,3-15H2. The van der Waals surface area contributed by atoms with Crippen LogP contribution in [0.5, 0.6) is 0 Å². The molecule has 1 aromatic rings. The minimum absolute atomic E-state index is 0.116. The number of aromatic nitrogens is 2. The molecule has 0 aliphatic carbocycles. The lowest BCUT2D eigenvalue weighted by Gasteiger charge is -2.23. The molecule has 2 rings (SSSR count). The van der Waals surface area contributed by atoms with Crippen molar-refractivity contribution in [2.75, 3.05) is 84.1 Å². The SMILES string of the molecule is OCc1ccnc(N2CCOCCOCCOCCOCCOCC2)n1. The van der Waals surface area contributed by atoms with Crippen molar-refractivity contribution >= 4 is 5.95 Å². The molecule has 0 radical (unpaired) electrons. The first-order valence-electron chi connectivity index (χ1n) is 8.96. The number of hydrogen-bond donors (Lipinski definition) is 1. The molecule has 1 aromatic heterocycles. The van der Waals surface area contributed by atoms with Crippen molar-refractivity contribution in [2.24, 2.45) is 0 Å². The van der Waals surface area contributed by atoms with E-state index < -0.39 is 0 Å². The lowest BCUT2D eigenvalue weighted by molar-refractivity contribution is -0.0116. The third-order valence-corrected chi connectivity index (χ3v) is 3.64. The van der Waals surface area contributed by atoms with Gasteiger partial charge in [0.05, 0.1) is 78.4 Å². The maximum atomic E-state index is 9.27. The summed E-state index contributed by atoms with van der Waals surface area (Å²) in [6.45, 7) is 6.45. The third-order valence-electron chi connectivity index (χ3n) is 3.64. The summed E-state index contributed by atoms with van der Waals surface area (Å²) >= 11 is 0. The van der Waals surface area contributed by atoms with Gasteiger partial charge >= 0.3 is 0 Å². The van der Waals surface area contributed by atoms with E-state index in [9.17, 15) is 5.11 Å². The molecule has 0 saturated carbocycles. The molecule has 9 nitrogen and oxygen atoms in total. The molecule has 0 bridgehead atoms. The molecule has 0 atom stereocenters. The summed E-state index contributed by atoms with van der Waals surface area (Å²) in [4.78, 5) is 10.6. The summed E-state index contributed by atoms with van der Waals surface area (Å²) in [7, 11) is 0. The molecule has 1 aliphatic heterocycles. The monoisotopic (exact) mass is 371 g/mol. The summed E-state index contributed by atoms with van der Waals surface area (Å²) in [5.74, 6) is 0.558. The number of nitrogens with zero attached hydrogens (tertiary/aromatic N) is 3. The Morgan fingerprint density at radius 1 is 0.769 bits per heavy atom. The molecule has 0 spiro atoms. The number of aliphatic hydroxyl groups excluding tert-OH is 1. The van der Waals surface area contributed by atoms with E-state index in [2.05, 4.69) is 9.97 Å². The van der Waals surface area contributed by atoms with Crippen LogP contribution in [-0.2, 0) is 30.3 Å². The Hall–Kier alpha value is -1.36. The van der Waals surface area contributed by atoms with Gasteiger partial charge in [-0.15, -0.1) is 0 Å². The fraction of sp³-hybridized carbons (Fsp3) is 0.765. The minimum atomic E-state index is -0.116. The highest BCUT2D eigenvalue weighted by Gasteiger charge is 2.10. The summed E-state index contributed by atoms with van der Waals surface area (Å²) in [5, 5.41) is 9.27. The van der Waals surface area contributed by atoms with Crippen molar-refractivity contribution in [2.45, 2.75) is 6.61 Å². The molecule has 9 heteroatoms. The van der Waals surface area contributed by atoms with Gasteiger partial charge in [-0.3, -0.25) is 0 Å². The van der Waals surface area contributed by atoms with Crippen LogP contribution in [0.15, 0.2) is 12.3 Å². The second-order valence-electron chi connectivity index (χ2n) is 5.56. The Morgan fingerprint density at radius 2 is 1.23 bits per heavy atom. The summed E-state index contributed by atoms with van der Waals surface area (Å²) in [6.07, 6.45) is 1.64. The number of rotatable bonds is 2. The summed E-state index contributed by atoms with van der Waals surface area (Å²) in [6, 6.07) is 1.69. The second-order valence-corrected chi connectivity index (χ2v) is 5.56. The minimum Gasteiger partial charge on any atom is -0.390 e. The van der Waals surface area contributed by atoms with Crippen LogP contribution in [0.4, 0.5) is 5.95 Å². The molecule has 0 aromatic carbocycles. The molecule has 0 amide bonds. The molecule has 1 aliphatic rings. The topological polar surface area (TPSA) is 95.4 Å². The van der Waals surface area contributed by atoms with Crippen LogP contribution in [0.2, 0.25) is 0 Å². The number of hydrogen-bond acceptors (Lipinski definition) is 9. The van der Waals surface area contributed by atoms with E-state index in [0.29, 0.717) is 90.8 Å². The Morgan fingerprint density at radius 3 is 1.69 bits per heavy atom. The average Bonchev–Trinajstić information content (AvgIpc) is 2.68. The van der Waals surface area contributed by atoms with Crippen molar-refractivity contribution in [3.63, 3.8) is 0 Å². The van der Waals surface area contributed by atoms with Gasteiger partial charge in [-0.1, -0.05) is 0 Å². The van der Waals surface area contributed by atoms with Gasteiger partial charge in [0, 0.05) is 19.3 Å². The van der Waals surface area contributed by atoms with Crippen LogP contribution in [0.25, 0.3) is 0 Å². The number of anilines is 1. The fourth-order valence-electron chi connectivity index (χ4n) is 2.27. The van der Waals surface area contributed by atoms with Crippen LogP contribution >= 0.6 is 0 Å². The first-order chi connectivity index (χ1) is 12.9. The lowest BCUT2D eigenvalue weighted by atomic mass is 10.4. The third kappa shape index (κ3) is 8.84. The Balaban J connectivity index is 1.84. The van der Waals surface area contributed by atoms with Crippen molar-refractivity contribution < 1.29 is 28.8 Å². The van der Waals surface area contributed by atoms with E-state index in [1.165, 1.54) is 0 Å². The van der Waals surface area contributed by atoms with Gasteiger partial charge in [0.2, 0.25) is 5.95 Å². The van der Waals surface area contributed by atoms with E-state index in [-0.39, 0.29) is 6.61 Å². The molecule has 1 N–H and O–H groups in total. The average molecular weight is 371 g/mol. The molecule has 148 valence electrons. The quantitative estimate of drug-likeness (QED) is 0.763. The highest BCUT2D eigenvalue weighted by molar-refractivity contribution is 5.30.